The van der Waals surface area contributed by atoms with Gasteiger partial charge in [-0.3, -0.25) is 9.59 Å². The molecule has 0 bridgehead atoms. The van der Waals surface area contributed by atoms with Crippen LogP contribution in [0.15, 0.2) is 109 Å². The fraction of sp³-hybridized carbons (Fsp3) is 0.580. The van der Waals surface area contributed by atoms with E-state index in [9.17, 15) is 19.5 Å². The summed E-state index contributed by atoms with van der Waals surface area (Å²) in [6.45, 7) is 4.32. The molecule has 0 aliphatic heterocycles. The lowest BCUT2D eigenvalue weighted by atomic mass is 10.1. The minimum Gasteiger partial charge on any atom is -0.544 e. The molecule has 326 valence electrons. The Kier molecular flexibility index (Phi) is 37.0. The fourth-order valence-corrected chi connectivity index (χ4v) is 5.63. The number of esters is 2. The molecule has 0 saturated carbocycles. The third-order valence-corrected chi connectivity index (χ3v) is 9.00. The van der Waals surface area contributed by atoms with Gasteiger partial charge in [0.05, 0.1) is 40.3 Å². The molecule has 0 amide bonds. The fourth-order valence-electron chi connectivity index (χ4n) is 5.63. The summed E-state index contributed by atoms with van der Waals surface area (Å²) >= 11 is 0. The average molecular weight is 806 g/mol. The monoisotopic (exact) mass is 806 g/mol. The Labute approximate surface area is 353 Å². The molecular weight excluding hydrogens is 727 g/mol. The zero-order valence-electron chi connectivity index (χ0n) is 36.9. The Balaban J connectivity index is 4.47. The number of hydrogen-bond donors (Lipinski definition) is 0. The molecule has 2 unspecified atom stereocenters. The number of carboxylic acids is 1. The summed E-state index contributed by atoms with van der Waals surface area (Å²) < 4.78 is 17.1. The van der Waals surface area contributed by atoms with Gasteiger partial charge in [0, 0.05) is 19.3 Å². The van der Waals surface area contributed by atoms with Crippen molar-refractivity contribution in [2.45, 2.75) is 148 Å². The summed E-state index contributed by atoms with van der Waals surface area (Å²) in [5, 5.41) is 11.6. The van der Waals surface area contributed by atoms with Gasteiger partial charge in [-0.1, -0.05) is 149 Å². The number of carbonyl (C=O) groups is 3. The zero-order chi connectivity index (χ0) is 42.8. The van der Waals surface area contributed by atoms with Crippen molar-refractivity contribution in [3.8, 4) is 0 Å². The maximum absolute atomic E-state index is 12.7. The van der Waals surface area contributed by atoms with Gasteiger partial charge in [0.1, 0.15) is 12.6 Å². The number of likely N-dealkylation sites (N-methyl/N-ethyl adjacent to an activating group) is 1. The Hall–Kier alpha value is -4.01. The Bertz CT molecular complexity index is 1310. The van der Waals surface area contributed by atoms with Crippen LogP contribution < -0.4 is 5.11 Å². The standard InChI is InChI=1S/C50H79NO7/c1-6-8-10-12-14-16-18-20-22-23-24-25-27-28-30-32-34-36-38-40-48(52)57-45-46(44-56-43-42-47(50(54)55)51(3,4)5)58-49(53)41-39-37-35-33-31-29-26-21-19-17-15-13-11-9-7-2/h8-11,13-17,19-22,24-26,28,30,46-47H,6-7,12,18,23,27,29,31-45H2,1-5H3/b10-8+,11-9+,15-13+,16-14+,19-17+,22-20+,25-24+,26-21+,30-28+. The van der Waals surface area contributed by atoms with Gasteiger partial charge >= 0.3 is 11.9 Å². The number of unbranched alkanes of at least 4 members (excludes halogenated alkanes) is 8. The first-order chi connectivity index (χ1) is 28.1. The molecule has 0 aliphatic rings. The van der Waals surface area contributed by atoms with E-state index in [1.165, 1.54) is 0 Å². The van der Waals surface area contributed by atoms with Crippen LogP contribution in [-0.2, 0) is 28.6 Å². The van der Waals surface area contributed by atoms with Crippen LogP contribution in [0, 0.1) is 0 Å². The van der Waals surface area contributed by atoms with Gasteiger partial charge in [0.25, 0.3) is 0 Å². The van der Waals surface area contributed by atoms with Gasteiger partial charge in [-0.2, -0.15) is 0 Å². The predicted molar refractivity (Wildman–Crippen MR) is 240 cm³/mol. The maximum atomic E-state index is 12.7. The number of carboxylic acid groups (broad SMARTS) is 1. The second-order valence-corrected chi connectivity index (χ2v) is 15.3. The second-order valence-electron chi connectivity index (χ2n) is 15.3. The van der Waals surface area contributed by atoms with Crippen molar-refractivity contribution >= 4 is 17.9 Å². The molecule has 2 atom stereocenters. The number of rotatable bonds is 37. The van der Waals surface area contributed by atoms with Crippen LogP contribution in [0.4, 0.5) is 0 Å². The molecule has 0 N–H and O–H groups in total. The van der Waals surface area contributed by atoms with Crippen LogP contribution in [0.2, 0.25) is 0 Å². The van der Waals surface area contributed by atoms with Crippen molar-refractivity contribution in [1.82, 2.24) is 0 Å². The van der Waals surface area contributed by atoms with E-state index in [0.717, 1.165) is 103 Å². The van der Waals surface area contributed by atoms with E-state index >= 15 is 0 Å². The summed E-state index contributed by atoms with van der Waals surface area (Å²) in [6, 6.07) is -0.743. The smallest absolute Gasteiger partial charge is 0.306 e. The van der Waals surface area contributed by atoms with Gasteiger partial charge < -0.3 is 28.6 Å². The first-order valence-corrected chi connectivity index (χ1v) is 22.0. The Morgan fingerprint density at radius 1 is 0.534 bits per heavy atom. The molecule has 0 aromatic carbocycles. The van der Waals surface area contributed by atoms with E-state index < -0.39 is 18.1 Å². The first-order valence-electron chi connectivity index (χ1n) is 22.0. The van der Waals surface area contributed by atoms with E-state index in [-0.39, 0.29) is 49.1 Å². The van der Waals surface area contributed by atoms with Crippen molar-refractivity contribution in [3.63, 3.8) is 0 Å². The van der Waals surface area contributed by atoms with Gasteiger partial charge in [-0.05, 0) is 77.0 Å². The van der Waals surface area contributed by atoms with Gasteiger partial charge in [0.2, 0.25) is 0 Å². The molecule has 0 heterocycles. The molecule has 0 radical (unpaired) electrons. The van der Waals surface area contributed by atoms with Crippen LogP contribution in [0.5, 0.6) is 0 Å². The van der Waals surface area contributed by atoms with E-state index in [2.05, 4.69) is 92.8 Å². The quantitative estimate of drug-likeness (QED) is 0.0203. The van der Waals surface area contributed by atoms with Crippen molar-refractivity contribution in [2.24, 2.45) is 0 Å². The summed E-state index contributed by atoms with van der Waals surface area (Å²) in [6.07, 6.45) is 54.0. The molecule has 58 heavy (non-hydrogen) atoms. The first kappa shape index (κ1) is 54.0. The van der Waals surface area contributed by atoms with E-state index in [4.69, 9.17) is 14.2 Å². The molecule has 0 rings (SSSR count). The van der Waals surface area contributed by atoms with Crippen molar-refractivity contribution < 1.29 is 38.2 Å². The van der Waals surface area contributed by atoms with Gasteiger partial charge in [-0.15, -0.1) is 0 Å². The largest absolute Gasteiger partial charge is 0.544 e. The number of allylic oxidation sites excluding steroid dienone is 18. The summed E-state index contributed by atoms with van der Waals surface area (Å²) in [7, 11) is 5.37. The van der Waals surface area contributed by atoms with Crippen molar-refractivity contribution in [3.05, 3.63) is 109 Å². The molecule has 8 heteroatoms. The summed E-state index contributed by atoms with van der Waals surface area (Å²) in [4.78, 5) is 36.9. The lowest BCUT2D eigenvalue weighted by molar-refractivity contribution is -0.889. The van der Waals surface area contributed by atoms with Crippen molar-refractivity contribution in [2.75, 3.05) is 41.0 Å². The lowest BCUT2D eigenvalue weighted by Gasteiger charge is -2.34. The molecule has 0 aromatic rings. The Morgan fingerprint density at radius 3 is 1.57 bits per heavy atom. The zero-order valence-corrected chi connectivity index (χ0v) is 36.9. The van der Waals surface area contributed by atoms with Gasteiger partial charge in [-0.25, -0.2) is 0 Å². The molecule has 0 spiro atoms. The van der Waals surface area contributed by atoms with Crippen LogP contribution in [0.3, 0.4) is 0 Å². The average Bonchev–Trinajstić information content (AvgIpc) is 3.18. The molecule has 0 aromatic heterocycles. The minimum atomic E-state index is -1.14. The minimum absolute atomic E-state index is 0.0120. The topological polar surface area (TPSA) is 102 Å². The highest BCUT2D eigenvalue weighted by Crippen LogP contribution is 2.12. The molecule has 0 aliphatic carbocycles. The maximum Gasteiger partial charge on any atom is 0.306 e. The highest BCUT2D eigenvalue weighted by molar-refractivity contribution is 5.70. The predicted octanol–water partition coefficient (Wildman–Crippen LogP) is 10.7. The molecule has 0 fully saturated rings. The second kappa shape index (κ2) is 39.8. The Morgan fingerprint density at radius 2 is 1.00 bits per heavy atom. The third kappa shape index (κ3) is 37.6. The van der Waals surface area contributed by atoms with E-state index in [1.54, 1.807) is 21.1 Å². The molecule has 0 saturated heterocycles. The van der Waals surface area contributed by atoms with Crippen LogP contribution in [0.25, 0.3) is 0 Å². The number of nitrogens with zero attached hydrogens (tertiary/aromatic N) is 1. The summed E-state index contributed by atoms with van der Waals surface area (Å²) in [5.41, 5.74) is 0. The highest BCUT2D eigenvalue weighted by Gasteiger charge is 2.25. The number of aliphatic carboxylic acids is 1. The summed E-state index contributed by atoms with van der Waals surface area (Å²) in [5.74, 6) is -1.83. The number of carbonyl (C=O) groups excluding carboxylic acids is 3. The third-order valence-electron chi connectivity index (χ3n) is 9.00. The van der Waals surface area contributed by atoms with E-state index in [0.29, 0.717) is 6.42 Å². The number of quaternary nitrogens is 1. The van der Waals surface area contributed by atoms with Crippen LogP contribution >= 0.6 is 0 Å². The van der Waals surface area contributed by atoms with Crippen LogP contribution in [0.1, 0.15) is 136 Å². The lowest BCUT2D eigenvalue weighted by Crippen LogP contribution is -2.55. The SMILES string of the molecule is CC/C=C/C=C/C=C/C=C/CCCCCCCC(=O)OC(COCCC(C(=O)[O-])[N+](C)(C)C)COC(=O)CCCCC/C=C/C/C=C/C/C=C/C/C=C/C/C=C/CC. The molecule has 8 nitrogen and oxygen atoms in total. The van der Waals surface area contributed by atoms with E-state index in [1.807, 2.05) is 30.4 Å². The van der Waals surface area contributed by atoms with Crippen molar-refractivity contribution in [1.29, 1.82) is 0 Å². The van der Waals surface area contributed by atoms with Crippen LogP contribution in [-0.4, -0.2) is 75.5 Å². The number of hydrogen-bond acceptors (Lipinski definition) is 7. The highest BCUT2D eigenvalue weighted by atomic mass is 16.6. The van der Waals surface area contributed by atoms with Gasteiger partial charge in [0.15, 0.2) is 6.10 Å². The molecular formula is C50H79NO7. The number of ether oxygens (including phenoxy) is 3. The normalized spacial score (nSPS) is 14.0.